The van der Waals surface area contributed by atoms with Gasteiger partial charge in [0.25, 0.3) is 0 Å². The second-order valence-electron chi connectivity index (χ2n) is 4.39. The van der Waals surface area contributed by atoms with E-state index in [2.05, 4.69) is 4.98 Å². The number of nitrogens with zero attached hydrogens (tertiary/aromatic N) is 1. The summed E-state index contributed by atoms with van der Waals surface area (Å²) in [6, 6.07) is 9.50. The largest absolute Gasteiger partial charge is 0.481 e. The average Bonchev–Trinajstić information content (AvgIpc) is 2.92. The van der Waals surface area contributed by atoms with Crippen molar-refractivity contribution in [3.05, 3.63) is 59.7 Å². The van der Waals surface area contributed by atoms with E-state index in [9.17, 15) is 4.39 Å². The standard InChI is InChI=1S/C15H13FN2O2/c1-19-15-10(5-3-7-18-15)13(17)12-8-9-4-2-6-11(16)14(9)20-12/h2-8,13H,17H2,1H3. The van der Waals surface area contributed by atoms with Crippen molar-refractivity contribution in [1.82, 2.24) is 4.98 Å². The Hall–Kier alpha value is -2.40. The highest BCUT2D eigenvalue weighted by Gasteiger charge is 2.19. The second kappa shape index (κ2) is 4.94. The molecule has 0 radical (unpaired) electrons. The molecule has 5 heteroatoms. The van der Waals surface area contributed by atoms with Gasteiger partial charge in [-0.3, -0.25) is 0 Å². The number of nitrogens with two attached hydrogens (primary N) is 1. The lowest BCUT2D eigenvalue weighted by atomic mass is 10.1. The molecule has 0 fully saturated rings. The molecule has 0 spiro atoms. The van der Waals surface area contributed by atoms with Crippen LogP contribution in [0.5, 0.6) is 5.88 Å². The summed E-state index contributed by atoms with van der Waals surface area (Å²) in [4.78, 5) is 4.10. The first-order valence-corrected chi connectivity index (χ1v) is 6.13. The van der Waals surface area contributed by atoms with Crippen molar-refractivity contribution in [2.24, 2.45) is 5.73 Å². The quantitative estimate of drug-likeness (QED) is 0.796. The number of halogens is 1. The van der Waals surface area contributed by atoms with Gasteiger partial charge in [0.05, 0.1) is 13.2 Å². The predicted octanol–water partition coefficient (Wildman–Crippen LogP) is 3.02. The van der Waals surface area contributed by atoms with E-state index in [0.29, 0.717) is 22.6 Å². The molecule has 2 heterocycles. The lowest BCUT2D eigenvalue weighted by Crippen LogP contribution is -2.12. The molecule has 2 N–H and O–H groups in total. The average molecular weight is 272 g/mol. The number of furan rings is 1. The van der Waals surface area contributed by atoms with Crippen molar-refractivity contribution in [3.63, 3.8) is 0 Å². The molecule has 3 rings (SSSR count). The predicted molar refractivity (Wildman–Crippen MR) is 73.0 cm³/mol. The molecular weight excluding hydrogens is 259 g/mol. The number of hydrogen-bond acceptors (Lipinski definition) is 4. The molecule has 0 saturated heterocycles. The zero-order valence-corrected chi connectivity index (χ0v) is 10.8. The van der Waals surface area contributed by atoms with E-state index in [-0.39, 0.29) is 5.58 Å². The first kappa shape index (κ1) is 12.6. The van der Waals surface area contributed by atoms with Crippen LogP contribution in [0, 0.1) is 5.82 Å². The highest BCUT2D eigenvalue weighted by atomic mass is 19.1. The van der Waals surface area contributed by atoms with Crippen LogP contribution in [0.4, 0.5) is 4.39 Å². The van der Waals surface area contributed by atoms with Crippen LogP contribution >= 0.6 is 0 Å². The molecule has 1 aromatic carbocycles. The monoisotopic (exact) mass is 272 g/mol. The Balaban J connectivity index is 2.08. The third-order valence-corrected chi connectivity index (χ3v) is 3.15. The number of methoxy groups -OCH3 is 1. The summed E-state index contributed by atoms with van der Waals surface area (Å²) in [7, 11) is 1.52. The van der Waals surface area contributed by atoms with E-state index in [1.54, 1.807) is 36.5 Å². The van der Waals surface area contributed by atoms with E-state index in [1.807, 2.05) is 0 Å². The molecule has 0 aliphatic heterocycles. The molecule has 0 bridgehead atoms. The minimum Gasteiger partial charge on any atom is -0.481 e. The number of ether oxygens (including phenoxy) is 1. The fraction of sp³-hybridized carbons (Fsp3) is 0.133. The summed E-state index contributed by atoms with van der Waals surface area (Å²) in [6.07, 6.45) is 1.62. The van der Waals surface area contributed by atoms with Gasteiger partial charge in [0.15, 0.2) is 11.4 Å². The maximum Gasteiger partial charge on any atom is 0.218 e. The van der Waals surface area contributed by atoms with E-state index < -0.39 is 11.9 Å². The number of para-hydroxylation sites is 1. The summed E-state index contributed by atoms with van der Waals surface area (Å²) >= 11 is 0. The third-order valence-electron chi connectivity index (χ3n) is 3.15. The van der Waals surface area contributed by atoms with Crippen molar-refractivity contribution in [2.75, 3.05) is 7.11 Å². The molecule has 20 heavy (non-hydrogen) atoms. The fourth-order valence-corrected chi connectivity index (χ4v) is 2.16. The summed E-state index contributed by atoms with van der Waals surface area (Å²) in [5, 5.41) is 0.679. The van der Waals surface area contributed by atoms with Crippen LogP contribution < -0.4 is 10.5 Å². The van der Waals surface area contributed by atoms with Crippen molar-refractivity contribution in [1.29, 1.82) is 0 Å². The maximum atomic E-state index is 13.6. The Morgan fingerprint density at radius 1 is 1.30 bits per heavy atom. The van der Waals surface area contributed by atoms with Crippen LogP contribution in [0.3, 0.4) is 0 Å². The highest BCUT2D eigenvalue weighted by molar-refractivity contribution is 5.78. The number of fused-ring (bicyclic) bond motifs is 1. The molecule has 0 aliphatic carbocycles. The Kier molecular flexibility index (Phi) is 3.12. The minimum absolute atomic E-state index is 0.209. The number of benzene rings is 1. The van der Waals surface area contributed by atoms with E-state index in [4.69, 9.17) is 14.9 Å². The van der Waals surface area contributed by atoms with Crippen molar-refractivity contribution in [2.45, 2.75) is 6.04 Å². The maximum absolute atomic E-state index is 13.6. The van der Waals surface area contributed by atoms with Gasteiger partial charge in [-0.05, 0) is 18.2 Å². The van der Waals surface area contributed by atoms with Gasteiger partial charge >= 0.3 is 0 Å². The molecule has 1 unspecified atom stereocenters. The van der Waals surface area contributed by atoms with E-state index in [1.165, 1.54) is 13.2 Å². The first-order chi connectivity index (χ1) is 9.70. The molecule has 4 nitrogen and oxygen atoms in total. The number of pyridine rings is 1. The van der Waals surface area contributed by atoms with Gasteiger partial charge in [-0.2, -0.15) is 0 Å². The normalized spacial score (nSPS) is 12.6. The van der Waals surface area contributed by atoms with Gasteiger partial charge < -0.3 is 14.9 Å². The molecular formula is C15H13FN2O2. The second-order valence-corrected chi connectivity index (χ2v) is 4.39. The Morgan fingerprint density at radius 2 is 2.15 bits per heavy atom. The van der Waals surface area contributed by atoms with Crippen LogP contribution in [0.2, 0.25) is 0 Å². The zero-order chi connectivity index (χ0) is 14.1. The van der Waals surface area contributed by atoms with Gasteiger partial charge in [0.2, 0.25) is 5.88 Å². The molecule has 2 aromatic heterocycles. The zero-order valence-electron chi connectivity index (χ0n) is 10.8. The summed E-state index contributed by atoms with van der Waals surface area (Å²) < 4.78 is 24.3. The van der Waals surface area contributed by atoms with Gasteiger partial charge in [-0.25, -0.2) is 9.37 Å². The lowest BCUT2D eigenvalue weighted by Gasteiger charge is -2.12. The molecule has 3 aromatic rings. The molecule has 0 amide bonds. The van der Waals surface area contributed by atoms with Gasteiger partial charge in [-0.1, -0.05) is 18.2 Å². The van der Waals surface area contributed by atoms with E-state index in [0.717, 1.165) is 0 Å². The van der Waals surface area contributed by atoms with Gasteiger partial charge in [0.1, 0.15) is 5.76 Å². The smallest absolute Gasteiger partial charge is 0.218 e. The molecule has 0 aliphatic rings. The number of aromatic nitrogens is 1. The Morgan fingerprint density at radius 3 is 2.90 bits per heavy atom. The Labute approximate surface area is 115 Å². The summed E-state index contributed by atoms with van der Waals surface area (Å²) in [5.74, 6) is 0.497. The third kappa shape index (κ3) is 2.02. The molecule has 102 valence electrons. The topological polar surface area (TPSA) is 61.3 Å². The summed E-state index contributed by atoms with van der Waals surface area (Å²) in [6.45, 7) is 0. The SMILES string of the molecule is COc1ncccc1C(N)c1cc2cccc(F)c2o1. The highest BCUT2D eigenvalue weighted by Crippen LogP contribution is 2.31. The van der Waals surface area contributed by atoms with Crippen LogP contribution in [0.25, 0.3) is 11.0 Å². The van der Waals surface area contributed by atoms with Crippen molar-refractivity contribution >= 4 is 11.0 Å². The lowest BCUT2D eigenvalue weighted by molar-refractivity contribution is 0.387. The van der Waals surface area contributed by atoms with E-state index >= 15 is 0 Å². The van der Waals surface area contributed by atoms with Crippen LogP contribution in [-0.2, 0) is 0 Å². The van der Waals surface area contributed by atoms with Crippen LogP contribution in [0.1, 0.15) is 17.4 Å². The molecule has 1 atom stereocenters. The van der Waals surface area contributed by atoms with Crippen molar-refractivity contribution in [3.8, 4) is 5.88 Å². The number of hydrogen-bond donors (Lipinski definition) is 1. The van der Waals surface area contributed by atoms with Crippen molar-refractivity contribution < 1.29 is 13.5 Å². The van der Waals surface area contributed by atoms with Crippen LogP contribution in [0.15, 0.2) is 47.0 Å². The van der Waals surface area contributed by atoms with Gasteiger partial charge in [0, 0.05) is 17.1 Å². The van der Waals surface area contributed by atoms with Crippen LogP contribution in [-0.4, -0.2) is 12.1 Å². The Bertz CT molecular complexity index is 754. The minimum atomic E-state index is -0.564. The van der Waals surface area contributed by atoms with Gasteiger partial charge in [-0.15, -0.1) is 0 Å². The molecule has 0 saturated carbocycles. The summed E-state index contributed by atoms with van der Waals surface area (Å²) in [5.41, 5.74) is 7.07. The number of rotatable bonds is 3. The fourth-order valence-electron chi connectivity index (χ4n) is 2.16. The first-order valence-electron chi connectivity index (χ1n) is 6.13.